The van der Waals surface area contributed by atoms with Crippen molar-refractivity contribution in [1.82, 2.24) is 15.2 Å². The van der Waals surface area contributed by atoms with Crippen molar-refractivity contribution in [3.63, 3.8) is 0 Å². The fourth-order valence-electron chi connectivity index (χ4n) is 3.68. The molecule has 1 aromatic rings. The van der Waals surface area contributed by atoms with Gasteiger partial charge in [-0.15, -0.1) is 0 Å². The lowest BCUT2D eigenvalue weighted by Gasteiger charge is -2.42. The van der Waals surface area contributed by atoms with Crippen LogP contribution >= 0.6 is 0 Å². The molecule has 0 aromatic carbocycles. The molecule has 0 bridgehead atoms. The van der Waals surface area contributed by atoms with Gasteiger partial charge in [-0.1, -0.05) is 6.92 Å². The summed E-state index contributed by atoms with van der Waals surface area (Å²) in [6.07, 6.45) is 3.07. The summed E-state index contributed by atoms with van der Waals surface area (Å²) in [6, 6.07) is 1.43. The molecule has 3 rings (SSSR count). The van der Waals surface area contributed by atoms with Crippen LogP contribution in [0.5, 0.6) is 0 Å². The Kier molecular flexibility index (Phi) is 5.22. The number of amides is 1. The molecule has 0 aliphatic heterocycles. The first kappa shape index (κ1) is 18.3. The lowest BCUT2D eigenvalue weighted by molar-refractivity contribution is -0.139. The number of fused-ring (bicyclic) bond motifs is 1. The Labute approximate surface area is 150 Å². The molecule has 0 unspecified atom stereocenters. The maximum Gasteiger partial charge on any atom is 0.317 e. The summed E-state index contributed by atoms with van der Waals surface area (Å²) >= 11 is 0. The van der Waals surface area contributed by atoms with Crippen LogP contribution in [0.3, 0.4) is 0 Å². The minimum absolute atomic E-state index is 0.0194. The van der Waals surface area contributed by atoms with E-state index in [9.17, 15) is 19.2 Å². The van der Waals surface area contributed by atoms with Gasteiger partial charge >= 0.3 is 5.97 Å². The Morgan fingerprint density at radius 1 is 1.31 bits per heavy atom. The number of ketones is 1. The molecule has 26 heavy (non-hydrogen) atoms. The zero-order valence-electron chi connectivity index (χ0n) is 14.7. The normalized spacial score (nSPS) is 21.8. The van der Waals surface area contributed by atoms with Gasteiger partial charge in [0.15, 0.2) is 5.78 Å². The largest absolute Gasteiger partial charge is 0.480 e. The van der Waals surface area contributed by atoms with Gasteiger partial charge < -0.3 is 15.4 Å². The number of carboxylic acids is 1. The Bertz CT molecular complexity index is 795. The van der Waals surface area contributed by atoms with Gasteiger partial charge in [0.05, 0.1) is 6.54 Å². The van der Waals surface area contributed by atoms with Crippen molar-refractivity contribution in [1.29, 1.82) is 0 Å². The summed E-state index contributed by atoms with van der Waals surface area (Å²) in [5, 5.41) is 11.7. The lowest BCUT2D eigenvalue weighted by Crippen LogP contribution is -2.55. The summed E-state index contributed by atoms with van der Waals surface area (Å²) in [6.45, 7) is 2.51. The first-order valence-corrected chi connectivity index (χ1v) is 8.95. The van der Waals surface area contributed by atoms with Crippen LogP contribution in [0.15, 0.2) is 10.9 Å². The maximum absolute atomic E-state index is 12.4. The number of hydrogen-bond donors (Lipinski definition) is 3. The molecule has 1 fully saturated rings. The van der Waals surface area contributed by atoms with E-state index in [1.54, 1.807) is 0 Å². The SMILES string of the molecule is CCN(CC(=O)O)C1CC(NC(=O)c2cc3c([nH]c2=O)CCCC3=O)C1. The average Bonchev–Trinajstić information content (AvgIpc) is 2.55. The third-order valence-corrected chi connectivity index (χ3v) is 5.21. The van der Waals surface area contributed by atoms with E-state index in [-0.39, 0.29) is 30.0 Å². The first-order valence-electron chi connectivity index (χ1n) is 8.95. The van der Waals surface area contributed by atoms with Gasteiger partial charge in [0, 0.05) is 29.8 Å². The fraction of sp³-hybridized carbons (Fsp3) is 0.556. The average molecular weight is 361 g/mol. The molecule has 140 valence electrons. The highest BCUT2D eigenvalue weighted by Crippen LogP contribution is 2.26. The molecule has 2 aliphatic rings. The number of H-pyrrole nitrogens is 1. The number of aromatic nitrogens is 1. The highest BCUT2D eigenvalue weighted by atomic mass is 16.4. The number of rotatable bonds is 6. The summed E-state index contributed by atoms with van der Waals surface area (Å²) in [5.41, 5.74) is 0.526. The van der Waals surface area contributed by atoms with Crippen molar-refractivity contribution in [3.8, 4) is 0 Å². The highest BCUT2D eigenvalue weighted by Gasteiger charge is 2.35. The van der Waals surface area contributed by atoms with E-state index >= 15 is 0 Å². The summed E-state index contributed by atoms with van der Waals surface area (Å²) in [7, 11) is 0. The van der Waals surface area contributed by atoms with E-state index in [1.807, 2.05) is 11.8 Å². The summed E-state index contributed by atoms with van der Waals surface area (Å²) < 4.78 is 0. The molecule has 0 saturated heterocycles. The van der Waals surface area contributed by atoms with Crippen molar-refractivity contribution in [2.75, 3.05) is 13.1 Å². The molecule has 3 N–H and O–H groups in total. The smallest absolute Gasteiger partial charge is 0.317 e. The Hall–Kier alpha value is -2.48. The number of aliphatic carboxylic acids is 1. The number of pyridine rings is 1. The Morgan fingerprint density at radius 2 is 2.04 bits per heavy atom. The molecule has 0 radical (unpaired) electrons. The number of aromatic amines is 1. The van der Waals surface area contributed by atoms with E-state index in [4.69, 9.17) is 5.11 Å². The third kappa shape index (κ3) is 3.70. The number of aryl methyl sites for hydroxylation is 1. The molecule has 1 heterocycles. The Balaban J connectivity index is 1.63. The van der Waals surface area contributed by atoms with Gasteiger partial charge in [0.25, 0.3) is 11.5 Å². The van der Waals surface area contributed by atoms with Gasteiger partial charge in [0.2, 0.25) is 0 Å². The van der Waals surface area contributed by atoms with Crippen molar-refractivity contribution < 1.29 is 19.5 Å². The van der Waals surface area contributed by atoms with Crippen LogP contribution in [-0.4, -0.2) is 57.8 Å². The van der Waals surface area contributed by atoms with Crippen molar-refractivity contribution in [2.24, 2.45) is 0 Å². The highest BCUT2D eigenvalue weighted by molar-refractivity contribution is 6.01. The van der Waals surface area contributed by atoms with Crippen LogP contribution in [0.4, 0.5) is 0 Å². The molecule has 8 heteroatoms. The topological polar surface area (TPSA) is 120 Å². The third-order valence-electron chi connectivity index (χ3n) is 5.21. The number of likely N-dealkylation sites (N-methyl/N-ethyl adjacent to an activating group) is 1. The molecule has 2 aliphatic carbocycles. The van der Waals surface area contributed by atoms with E-state index < -0.39 is 17.4 Å². The van der Waals surface area contributed by atoms with E-state index in [1.165, 1.54) is 6.07 Å². The van der Waals surface area contributed by atoms with Gasteiger partial charge in [-0.05, 0) is 38.3 Å². The molecular formula is C18H23N3O5. The van der Waals surface area contributed by atoms with Crippen LogP contribution in [0.25, 0.3) is 0 Å². The van der Waals surface area contributed by atoms with Crippen molar-refractivity contribution in [2.45, 2.75) is 51.1 Å². The Morgan fingerprint density at radius 3 is 2.69 bits per heavy atom. The number of carboxylic acid groups (broad SMARTS) is 1. The second-order valence-electron chi connectivity index (χ2n) is 6.93. The summed E-state index contributed by atoms with van der Waals surface area (Å²) in [4.78, 5) is 52.0. The van der Waals surface area contributed by atoms with Crippen LogP contribution in [0.1, 0.15) is 59.0 Å². The molecule has 0 atom stereocenters. The monoisotopic (exact) mass is 361 g/mol. The second kappa shape index (κ2) is 7.41. The van der Waals surface area contributed by atoms with Crippen LogP contribution in [-0.2, 0) is 11.2 Å². The number of nitrogens with one attached hydrogen (secondary N) is 2. The standard InChI is InChI=1S/C18H23N3O5/c1-2-21(9-16(23)24)11-6-10(7-11)19-17(25)13-8-12-14(20-18(13)26)4-3-5-15(12)22/h8,10-11H,2-7,9H2,1H3,(H,19,25)(H,20,26)(H,23,24). The number of hydrogen-bond acceptors (Lipinski definition) is 5. The number of carbonyl (C=O) groups is 3. The lowest BCUT2D eigenvalue weighted by atomic mass is 9.85. The van der Waals surface area contributed by atoms with Gasteiger partial charge in [-0.25, -0.2) is 0 Å². The van der Waals surface area contributed by atoms with Crippen molar-refractivity contribution in [3.05, 3.63) is 33.2 Å². The fourth-order valence-corrected chi connectivity index (χ4v) is 3.68. The van der Waals surface area contributed by atoms with Gasteiger partial charge in [-0.3, -0.25) is 24.1 Å². The minimum atomic E-state index is -0.871. The number of Topliss-reactive ketones (excluding diaryl/α,β-unsaturated/α-hetero) is 1. The van der Waals surface area contributed by atoms with Gasteiger partial charge in [-0.2, -0.15) is 0 Å². The second-order valence-corrected chi connectivity index (χ2v) is 6.93. The number of carbonyl (C=O) groups excluding carboxylic acids is 2. The van der Waals surface area contributed by atoms with Crippen LogP contribution in [0.2, 0.25) is 0 Å². The molecule has 0 spiro atoms. The van der Waals surface area contributed by atoms with Crippen molar-refractivity contribution >= 4 is 17.7 Å². The van der Waals surface area contributed by atoms with E-state index in [0.29, 0.717) is 49.9 Å². The van der Waals surface area contributed by atoms with E-state index in [2.05, 4.69) is 10.3 Å². The molecule has 1 saturated carbocycles. The summed E-state index contributed by atoms with van der Waals surface area (Å²) in [5.74, 6) is -1.41. The zero-order valence-corrected chi connectivity index (χ0v) is 14.7. The van der Waals surface area contributed by atoms with Crippen LogP contribution in [0, 0.1) is 0 Å². The maximum atomic E-state index is 12.4. The quantitative estimate of drug-likeness (QED) is 0.681. The predicted molar refractivity (Wildman–Crippen MR) is 93.5 cm³/mol. The van der Waals surface area contributed by atoms with E-state index in [0.717, 1.165) is 0 Å². The first-order chi connectivity index (χ1) is 12.4. The molecule has 1 amide bonds. The van der Waals surface area contributed by atoms with Crippen LogP contribution < -0.4 is 10.9 Å². The molecule has 1 aromatic heterocycles. The van der Waals surface area contributed by atoms with Gasteiger partial charge in [0.1, 0.15) is 5.56 Å². The number of nitrogens with zero attached hydrogens (tertiary/aromatic N) is 1. The molecule has 8 nitrogen and oxygen atoms in total. The molecular weight excluding hydrogens is 338 g/mol. The minimum Gasteiger partial charge on any atom is -0.480 e. The zero-order chi connectivity index (χ0) is 18.8. The predicted octanol–water partition coefficient (Wildman–Crippen LogP) is 0.561.